The Hall–Kier alpha value is -1.32. The second-order valence-corrected chi connectivity index (χ2v) is 3.42. The fourth-order valence-corrected chi connectivity index (χ4v) is 0.959. The van der Waals surface area contributed by atoms with Gasteiger partial charge >= 0.3 is 0 Å². The summed E-state index contributed by atoms with van der Waals surface area (Å²) >= 11 is 0. The Morgan fingerprint density at radius 1 is 1.40 bits per heavy atom. The number of allylic oxidation sites excluding steroid dienone is 1. The Morgan fingerprint density at radius 2 is 2.07 bits per heavy atom. The summed E-state index contributed by atoms with van der Waals surface area (Å²) in [5.41, 5.74) is 0. The molecule has 86 valence electrons. The summed E-state index contributed by atoms with van der Waals surface area (Å²) in [5, 5.41) is 5.45. The highest BCUT2D eigenvalue weighted by Crippen LogP contribution is 1.89. The Kier molecular flexibility index (Phi) is 7.32. The zero-order valence-electron chi connectivity index (χ0n) is 9.67. The molecule has 2 N–H and O–H groups in total. The van der Waals surface area contributed by atoms with Crippen LogP contribution in [0.25, 0.3) is 0 Å². The van der Waals surface area contributed by atoms with E-state index in [0.717, 1.165) is 6.42 Å². The molecular formula is C11H20N2O2. The monoisotopic (exact) mass is 212 g/mol. The number of hydrogen-bond acceptors (Lipinski definition) is 2. The lowest BCUT2D eigenvalue weighted by molar-refractivity contribution is -0.121. The predicted octanol–water partition coefficient (Wildman–Crippen LogP) is 0.983. The first-order valence-electron chi connectivity index (χ1n) is 5.30. The fourth-order valence-electron chi connectivity index (χ4n) is 0.959. The summed E-state index contributed by atoms with van der Waals surface area (Å²) < 4.78 is 0. The Morgan fingerprint density at radius 3 is 2.60 bits per heavy atom. The minimum atomic E-state index is -0.158. The molecule has 0 fully saturated rings. The molecule has 4 heteroatoms. The molecule has 0 radical (unpaired) electrons. The van der Waals surface area contributed by atoms with Crippen LogP contribution in [0.5, 0.6) is 0 Å². The van der Waals surface area contributed by atoms with Crippen molar-refractivity contribution >= 4 is 11.8 Å². The molecule has 0 heterocycles. The van der Waals surface area contributed by atoms with Gasteiger partial charge in [-0.1, -0.05) is 13.0 Å². The van der Waals surface area contributed by atoms with Crippen LogP contribution < -0.4 is 10.6 Å². The molecule has 0 bridgehead atoms. The molecule has 15 heavy (non-hydrogen) atoms. The van der Waals surface area contributed by atoms with E-state index in [0.29, 0.717) is 13.0 Å². The maximum absolute atomic E-state index is 11.3. The molecule has 1 unspecified atom stereocenters. The van der Waals surface area contributed by atoms with E-state index in [9.17, 15) is 9.59 Å². The lowest BCUT2D eigenvalue weighted by Gasteiger charge is -2.11. The molecule has 2 amide bonds. The van der Waals surface area contributed by atoms with Crippen LogP contribution in [0, 0.1) is 0 Å². The van der Waals surface area contributed by atoms with Crippen molar-refractivity contribution in [1.82, 2.24) is 10.6 Å². The van der Waals surface area contributed by atoms with Gasteiger partial charge in [0.1, 0.15) is 0 Å². The average Bonchev–Trinajstić information content (AvgIpc) is 2.18. The molecule has 0 aromatic rings. The van der Waals surface area contributed by atoms with Crippen LogP contribution in [0.2, 0.25) is 0 Å². The Bertz CT molecular complexity index is 237. The van der Waals surface area contributed by atoms with Gasteiger partial charge in [0.05, 0.1) is 0 Å². The van der Waals surface area contributed by atoms with Crippen molar-refractivity contribution < 1.29 is 9.59 Å². The average molecular weight is 212 g/mol. The topological polar surface area (TPSA) is 58.2 Å². The number of carbonyl (C=O) groups excluding carboxylic acids is 2. The molecule has 0 rings (SSSR count). The van der Waals surface area contributed by atoms with Gasteiger partial charge in [-0.3, -0.25) is 9.59 Å². The van der Waals surface area contributed by atoms with Gasteiger partial charge in [-0.25, -0.2) is 0 Å². The van der Waals surface area contributed by atoms with Crippen LogP contribution >= 0.6 is 0 Å². The molecule has 0 saturated heterocycles. The van der Waals surface area contributed by atoms with Gasteiger partial charge in [0, 0.05) is 19.0 Å². The fraction of sp³-hybridized carbons (Fsp3) is 0.636. The third kappa shape index (κ3) is 7.73. The molecule has 1 atom stereocenters. The third-order valence-electron chi connectivity index (χ3n) is 1.99. The molecule has 0 aliphatic heterocycles. The first-order chi connectivity index (χ1) is 7.10. The van der Waals surface area contributed by atoms with Gasteiger partial charge in [-0.15, -0.1) is 0 Å². The summed E-state index contributed by atoms with van der Waals surface area (Å²) in [5.74, 6) is -0.182. The van der Waals surface area contributed by atoms with Crippen molar-refractivity contribution in [3.05, 3.63) is 12.2 Å². The second-order valence-electron chi connectivity index (χ2n) is 3.42. The number of carbonyl (C=O) groups is 2. The third-order valence-corrected chi connectivity index (χ3v) is 1.99. The number of hydrogen-bond donors (Lipinski definition) is 2. The highest BCUT2D eigenvalue weighted by atomic mass is 16.2. The van der Waals surface area contributed by atoms with E-state index in [1.165, 1.54) is 6.08 Å². The van der Waals surface area contributed by atoms with Crippen LogP contribution in [0.3, 0.4) is 0 Å². The highest BCUT2D eigenvalue weighted by molar-refractivity contribution is 5.87. The van der Waals surface area contributed by atoms with Gasteiger partial charge in [0.2, 0.25) is 11.8 Å². The second kappa shape index (κ2) is 8.03. The number of amides is 2. The lowest BCUT2D eigenvalue weighted by atomic mass is 10.2. The van der Waals surface area contributed by atoms with Crippen LogP contribution in [0.1, 0.15) is 33.6 Å². The molecule has 0 aromatic carbocycles. The Balaban J connectivity index is 3.59. The standard InChI is InChI=1S/C11H20N2O2/c1-4-6-10(14)12-8-7-11(15)13-9(3)5-2/h4,6,9H,5,7-8H2,1-3H3,(H,12,14)(H,13,15). The predicted molar refractivity (Wildman–Crippen MR) is 60.3 cm³/mol. The normalized spacial score (nSPS) is 12.5. The molecule has 0 aliphatic carbocycles. The maximum atomic E-state index is 11.3. The van der Waals surface area contributed by atoms with E-state index in [1.54, 1.807) is 13.0 Å². The van der Waals surface area contributed by atoms with Crippen molar-refractivity contribution in [2.24, 2.45) is 0 Å². The van der Waals surface area contributed by atoms with Crippen LogP contribution in [0.4, 0.5) is 0 Å². The minimum absolute atomic E-state index is 0.0230. The van der Waals surface area contributed by atoms with Gasteiger partial charge in [-0.05, 0) is 26.3 Å². The first-order valence-corrected chi connectivity index (χ1v) is 5.30. The van der Waals surface area contributed by atoms with E-state index < -0.39 is 0 Å². The first kappa shape index (κ1) is 13.7. The van der Waals surface area contributed by atoms with Crippen LogP contribution in [-0.4, -0.2) is 24.4 Å². The smallest absolute Gasteiger partial charge is 0.243 e. The lowest BCUT2D eigenvalue weighted by Crippen LogP contribution is -2.34. The summed E-state index contributed by atoms with van der Waals surface area (Å²) in [6.07, 6.45) is 4.34. The van der Waals surface area contributed by atoms with E-state index in [4.69, 9.17) is 0 Å². The molecule has 0 aliphatic rings. The summed E-state index contributed by atoms with van der Waals surface area (Å²) in [4.78, 5) is 22.2. The molecule has 0 spiro atoms. The van der Waals surface area contributed by atoms with Crippen LogP contribution in [-0.2, 0) is 9.59 Å². The van der Waals surface area contributed by atoms with Crippen molar-refractivity contribution in [1.29, 1.82) is 0 Å². The summed E-state index contributed by atoms with van der Waals surface area (Å²) in [7, 11) is 0. The molecule has 0 aromatic heterocycles. The SMILES string of the molecule is CC=CC(=O)NCCC(=O)NC(C)CC. The van der Waals surface area contributed by atoms with Crippen molar-refractivity contribution in [2.45, 2.75) is 39.7 Å². The van der Waals surface area contributed by atoms with Gasteiger partial charge in [-0.2, -0.15) is 0 Å². The van der Waals surface area contributed by atoms with Gasteiger partial charge in [0.15, 0.2) is 0 Å². The number of nitrogens with one attached hydrogen (secondary N) is 2. The van der Waals surface area contributed by atoms with E-state index >= 15 is 0 Å². The van der Waals surface area contributed by atoms with Gasteiger partial charge < -0.3 is 10.6 Å². The zero-order chi connectivity index (χ0) is 11.7. The van der Waals surface area contributed by atoms with Gasteiger partial charge in [0.25, 0.3) is 0 Å². The van der Waals surface area contributed by atoms with E-state index in [1.807, 2.05) is 13.8 Å². The quantitative estimate of drug-likeness (QED) is 0.645. The molecule has 4 nitrogen and oxygen atoms in total. The van der Waals surface area contributed by atoms with Crippen LogP contribution in [0.15, 0.2) is 12.2 Å². The van der Waals surface area contributed by atoms with E-state index in [-0.39, 0.29) is 17.9 Å². The number of rotatable bonds is 6. The minimum Gasteiger partial charge on any atom is -0.354 e. The van der Waals surface area contributed by atoms with Crippen molar-refractivity contribution in [3.63, 3.8) is 0 Å². The molecular weight excluding hydrogens is 192 g/mol. The van der Waals surface area contributed by atoms with Crippen molar-refractivity contribution in [3.8, 4) is 0 Å². The van der Waals surface area contributed by atoms with Crippen molar-refractivity contribution in [2.75, 3.05) is 6.54 Å². The zero-order valence-corrected chi connectivity index (χ0v) is 9.67. The molecule has 0 saturated carbocycles. The highest BCUT2D eigenvalue weighted by Gasteiger charge is 2.04. The Labute approximate surface area is 91.1 Å². The van der Waals surface area contributed by atoms with E-state index in [2.05, 4.69) is 10.6 Å². The maximum Gasteiger partial charge on any atom is 0.243 e. The largest absolute Gasteiger partial charge is 0.354 e. The summed E-state index contributed by atoms with van der Waals surface area (Å²) in [6, 6.07) is 0.198. The summed E-state index contributed by atoms with van der Waals surface area (Å²) in [6.45, 7) is 6.12.